The highest BCUT2D eigenvalue weighted by atomic mass is 35.5. The van der Waals surface area contributed by atoms with Crippen LogP contribution in [0.2, 0.25) is 5.02 Å². The van der Waals surface area contributed by atoms with Gasteiger partial charge in [-0.05, 0) is 37.3 Å². The fourth-order valence-electron chi connectivity index (χ4n) is 1.93. The third-order valence-electron chi connectivity index (χ3n) is 3.21. The SMILES string of the molecule is C[C@H](OC(=O)COc1ccc(Cl)cc1)C(=O)Nc1ccccc1[N+](=O)[O-]. The molecule has 1 atom stereocenters. The molecular formula is C17H15ClN2O6. The third kappa shape index (κ3) is 5.45. The minimum Gasteiger partial charge on any atom is -0.482 e. The first kappa shape index (κ1) is 19.2. The Hall–Kier alpha value is -3.13. The van der Waals surface area contributed by atoms with E-state index in [2.05, 4.69) is 5.32 Å². The van der Waals surface area contributed by atoms with E-state index in [1.54, 1.807) is 30.3 Å². The Kier molecular flexibility index (Phi) is 6.51. The third-order valence-corrected chi connectivity index (χ3v) is 3.46. The summed E-state index contributed by atoms with van der Waals surface area (Å²) in [7, 11) is 0. The van der Waals surface area contributed by atoms with Crippen molar-refractivity contribution in [3.63, 3.8) is 0 Å². The van der Waals surface area contributed by atoms with Gasteiger partial charge in [0.2, 0.25) is 0 Å². The lowest BCUT2D eigenvalue weighted by Crippen LogP contribution is -2.31. The maximum absolute atomic E-state index is 12.1. The topological polar surface area (TPSA) is 108 Å². The number of amides is 1. The van der Waals surface area contributed by atoms with Crippen molar-refractivity contribution in [2.75, 3.05) is 11.9 Å². The molecule has 0 aliphatic rings. The first-order valence-electron chi connectivity index (χ1n) is 7.49. The molecule has 1 amide bonds. The predicted octanol–water partition coefficient (Wildman–Crippen LogP) is 3.20. The van der Waals surface area contributed by atoms with E-state index in [1.807, 2.05) is 0 Å². The zero-order valence-electron chi connectivity index (χ0n) is 13.7. The number of hydrogen-bond donors (Lipinski definition) is 1. The Bertz CT molecular complexity index is 809. The van der Waals surface area contributed by atoms with Crippen LogP contribution in [0.15, 0.2) is 48.5 Å². The minimum absolute atomic E-state index is 0.0165. The summed E-state index contributed by atoms with van der Waals surface area (Å²) >= 11 is 5.74. The number of nitrogens with zero attached hydrogens (tertiary/aromatic N) is 1. The molecule has 136 valence electrons. The number of para-hydroxylation sites is 2. The number of nitro benzene ring substituents is 1. The van der Waals surface area contributed by atoms with Gasteiger partial charge in [-0.1, -0.05) is 23.7 Å². The molecule has 26 heavy (non-hydrogen) atoms. The van der Waals surface area contributed by atoms with E-state index in [0.29, 0.717) is 10.8 Å². The summed E-state index contributed by atoms with van der Waals surface area (Å²) in [6, 6.07) is 12.0. The van der Waals surface area contributed by atoms with Gasteiger partial charge < -0.3 is 14.8 Å². The molecule has 2 aromatic carbocycles. The van der Waals surface area contributed by atoms with Crippen LogP contribution in [-0.4, -0.2) is 29.5 Å². The fourth-order valence-corrected chi connectivity index (χ4v) is 2.06. The fraction of sp³-hybridized carbons (Fsp3) is 0.176. The maximum Gasteiger partial charge on any atom is 0.344 e. The second kappa shape index (κ2) is 8.82. The average molecular weight is 379 g/mol. The number of nitrogens with one attached hydrogen (secondary N) is 1. The van der Waals surface area contributed by atoms with Crippen molar-refractivity contribution in [3.8, 4) is 5.75 Å². The molecule has 2 aromatic rings. The van der Waals surface area contributed by atoms with Crippen LogP contribution in [0.4, 0.5) is 11.4 Å². The van der Waals surface area contributed by atoms with Gasteiger partial charge in [-0.3, -0.25) is 14.9 Å². The lowest BCUT2D eigenvalue weighted by Gasteiger charge is -2.14. The molecule has 2 rings (SSSR count). The zero-order valence-corrected chi connectivity index (χ0v) is 14.4. The number of carbonyl (C=O) groups excluding carboxylic acids is 2. The van der Waals surface area contributed by atoms with Gasteiger partial charge in [0.05, 0.1) is 4.92 Å². The van der Waals surface area contributed by atoms with E-state index >= 15 is 0 Å². The van der Waals surface area contributed by atoms with Crippen LogP contribution in [0.3, 0.4) is 0 Å². The van der Waals surface area contributed by atoms with E-state index in [1.165, 1.54) is 25.1 Å². The summed E-state index contributed by atoms with van der Waals surface area (Å²) in [6.45, 7) is 0.953. The first-order valence-corrected chi connectivity index (χ1v) is 7.86. The number of esters is 1. The molecule has 0 bridgehead atoms. The monoisotopic (exact) mass is 378 g/mol. The van der Waals surface area contributed by atoms with Gasteiger partial charge in [-0.15, -0.1) is 0 Å². The maximum atomic E-state index is 12.1. The molecule has 0 spiro atoms. The van der Waals surface area contributed by atoms with Crippen LogP contribution < -0.4 is 10.1 Å². The standard InChI is InChI=1S/C17H15ClN2O6/c1-11(17(22)19-14-4-2-3-5-15(14)20(23)24)26-16(21)10-25-13-8-6-12(18)7-9-13/h2-9,11H,10H2,1H3,(H,19,22)/t11-/m0/s1. The number of nitro groups is 1. The van der Waals surface area contributed by atoms with E-state index in [0.717, 1.165) is 0 Å². The number of rotatable bonds is 7. The molecule has 0 aromatic heterocycles. The predicted molar refractivity (Wildman–Crippen MR) is 94.2 cm³/mol. The molecule has 0 unspecified atom stereocenters. The zero-order chi connectivity index (χ0) is 19.1. The highest BCUT2D eigenvalue weighted by Gasteiger charge is 2.21. The van der Waals surface area contributed by atoms with Crippen molar-refractivity contribution in [1.29, 1.82) is 0 Å². The van der Waals surface area contributed by atoms with E-state index in [4.69, 9.17) is 21.1 Å². The smallest absolute Gasteiger partial charge is 0.344 e. The van der Waals surface area contributed by atoms with Gasteiger partial charge in [0.15, 0.2) is 12.7 Å². The normalized spacial score (nSPS) is 11.3. The lowest BCUT2D eigenvalue weighted by atomic mass is 10.2. The number of ether oxygens (including phenoxy) is 2. The van der Waals surface area contributed by atoms with Crippen molar-refractivity contribution in [1.82, 2.24) is 0 Å². The molecule has 8 nitrogen and oxygen atoms in total. The van der Waals surface area contributed by atoms with E-state index in [9.17, 15) is 19.7 Å². The second-order valence-electron chi connectivity index (χ2n) is 5.14. The number of benzene rings is 2. The minimum atomic E-state index is -1.16. The van der Waals surface area contributed by atoms with Gasteiger partial charge in [0.1, 0.15) is 11.4 Å². The molecule has 0 fully saturated rings. The summed E-state index contributed by atoms with van der Waals surface area (Å²) < 4.78 is 10.2. The molecule has 0 saturated carbocycles. The lowest BCUT2D eigenvalue weighted by molar-refractivity contribution is -0.383. The Morgan fingerprint density at radius 2 is 1.85 bits per heavy atom. The molecule has 0 aliphatic carbocycles. The van der Waals surface area contributed by atoms with Gasteiger partial charge in [0, 0.05) is 11.1 Å². The van der Waals surface area contributed by atoms with Crippen LogP contribution in [0.25, 0.3) is 0 Å². The Morgan fingerprint density at radius 3 is 2.50 bits per heavy atom. The van der Waals surface area contributed by atoms with E-state index in [-0.39, 0.29) is 11.4 Å². The Balaban J connectivity index is 1.87. The first-order chi connectivity index (χ1) is 12.4. The van der Waals surface area contributed by atoms with Crippen LogP contribution in [0.1, 0.15) is 6.92 Å². The summed E-state index contributed by atoms with van der Waals surface area (Å²) in [5.74, 6) is -1.03. The van der Waals surface area contributed by atoms with Gasteiger partial charge >= 0.3 is 5.97 Å². The molecule has 0 heterocycles. The molecule has 0 aliphatic heterocycles. The molecule has 1 N–H and O–H groups in total. The Morgan fingerprint density at radius 1 is 1.19 bits per heavy atom. The van der Waals surface area contributed by atoms with Gasteiger partial charge in [-0.25, -0.2) is 4.79 Å². The highest BCUT2D eigenvalue weighted by Crippen LogP contribution is 2.23. The largest absolute Gasteiger partial charge is 0.482 e. The molecule has 9 heteroatoms. The number of anilines is 1. The number of halogens is 1. The van der Waals surface area contributed by atoms with Crippen LogP contribution in [-0.2, 0) is 14.3 Å². The molecule has 0 saturated heterocycles. The average Bonchev–Trinajstić information content (AvgIpc) is 2.61. The van der Waals surface area contributed by atoms with Crippen molar-refractivity contribution in [2.24, 2.45) is 0 Å². The van der Waals surface area contributed by atoms with Crippen molar-refractivity contribution in [3.05, 3.63) is 63.7 Å². The highest BCUT2D eigenvalue weighted by molar-refractivity contribution is 6.30. The quantitative estimate of drug-likeness (QED) is 0.450. The van der Waals surface area contributed by atoms with Crippen molar-refractivity contribution < 1.29 is 24.0 Å². The second-order valence-corrected chi connectivity index (χ2v) is 5.57. The van der Waals surface area contributed by atoms with Crippen LogP contribution in [0, 0.1) is 10.1 Å². The summed E-state index contributed by atoms with van der Waals surface area (Å²) in [5, 5.41) is 13.8. The molecule has 0 radical (unpaired) electrons. The number of hydrogen-bond acceptors (Lipinski definition) is 6. The van der Waals surface area contributed by atoms with Crippen LogP contribution >= 0.6 is 11.6 Å². The van der Waals surface area contributed by atoms with Gasteiger partial charge in [0.25, 0.3) is 11.6 Å². The summed E-state index contributed by atoms with van der Waals surface area (Å²) in [4.78, 5) is 34.1. The van der Waals surface area contributed by atoms with Crippen LogP contribution in [0.5, 0.6) is 5.75 Å². The number of carbonyl (C=O) groups is 2. The van der Waals surface area contributed by atoms with E-state index < -0.39 is 29.5 Å². The van der Waals surface area contributed by atoms with Crippen molar-refractivity contribution >= 4 is 34.9 Å². The summed E-state index contributed by atoms with van der Waals surface area (Å²) in [5.41, 5.74) is -0.242. The Labute approximate surface area is 153 Å². The van der Waals surface area contributed by atoms with Gasteiger partial charge in [-0.2, -0.15) is 0 Å². The summed E-state index contributed by atoms with van der Waals surface area (Å²) in [6.07, 6.45) is -1.16. The molecular weight excluding hydrogens is 364 g/mol. The van der Waals surface area contributed by atoms with Crippen molar-refractivity contribution in [2.45, 2.75) is 13.0 Å².